The van der Waals surface area contributed by atoms with Crippen molar-refractivity contribution in [3.63, 3.8) is 0 Å². The van der Waals surface area contributed by atoms with Crippen molar-refractivity contribution in [1.29, 1.82) is 0 Å². The Labute approximate surface area is 102 Å². The molecule has 0 saturated carbocycles. The molecule has 0 fully saturated rings. The minimum Gasteiger partial charge on any atom is -0.480 e. The van der Waals surface area contributed by atoms with Crippen LogP contribution >= 0.6 is 0 Å². The molecule has 0 aromatic heterocycles. The fourth-order valence-corrected chi connectivity index (χ4v) is 2.79. The number of nitrogens with one attached hydrogen (secondary N) is 1. The Morgan fingerprint density at radius 3 is 2.47 bits per heavy atom. The topological polar surface area (TPSA) is 92.7 Å². The van der Waals surface area contributed by atoms with Crippen molar-refractivity contribution in [2.24, 2.45) is 0 Å². The Morgan fingerprint density at radius 2 is 2.06 bits per heavy atom. The molecule has 0 saturated heterocycles. The number of carbonyl (C=O) groups is 1. The minimum absolute atomic E-state index is 0.237. The Balaban J connectivity index is 4.47. The summed E-state index contributed by atoms with van der Waals surface area (Å²) in [5.74, 6) is -1.38. The summed E-state index contributed by atoms with van der Waals surface area (Å²) in [5.41, 5.74) is 0. The standard InChI is InChI=1S/C10H21NO5S/c1-4-5-6-9(10(12)13)11-17(14,15)7-8(2)16-3/h8-9,11H,4-7H2,1-3H3,(H,12,13). The van der Waals surface area contributed by atoms with Gasteiger partial charge in [0, 0.05) is 7.11 Å². The van der Waals surface area contributed by atoms with Crippen LogP contribution in [0.4, 0.5) is 0 Å². The first-order chi connectivity index (χ1) is 7.82. The van der Waals surface area contributed by atoms with E-state index in [2.05, 4.69) is 4.72 Å². The monoisotopic (exact) mass is 267 g/mol. The number of methoxy groups -OCH3 is 1. The molecule has 0 aromatic rings. The maximum absolute atomic E-state index is 11.6. The van der Waals surface area contributed by atoms with E-state index in [1.165, 1.54) is 7.11 Å². The van der Waals surface area contributed by atoms with E-state index in [1.807, 2.05) is 6.92 Å². The van der Waals surface area contributed by atoms with Gasteiger partial charge in [-0.3, -0.25) is 4.79 Å². The molecule has 2 N–H and O–H groups in total. The van der Waals surface area contributed by atoms with Gasteiger partial charge in [-0.15, -0.1) is 0 Å². The molecule has 0 aliphatic carbocycles. The second-order valence-electron chi connectivity index (χ2n) is 3.98. The smallest absolute Gasteiger partial charge is 0.321 e. The molecule has 0 spiro atoms. The van der Waals surface area contributed by atoms with Crippen molar-refractivity contribution in [2.75, 3.05) is 12.9 Å². The van der Waals surface area contributed by atoms with E-state index in [0.717, 1.165) is 6.42 Å². The summed E-state index contributed by atoms with van der Waals surface area (Å²) in [4.78, 5) is 10.9. The summed E-state index contributed by atoms with van der Waals surface area (Å²) in [6, 6.07) is -1.05. The van der Waals surface area contributed by atoms with Gasteiger partial charge < -0.3 is 9.84 Å². The molecule has 0 amide bonds. The maximum Gasteiger partial charge on any atom is 0.321 e. The fraction of sp³-hybridized carbons (Fsp3) is 0.900. The maximum atomic E-state index is 11.6. The number of rotatable bonds is 9. The molecule has 2 unspecified atom stereocenters. The fourth-order valence-electron chi connectivity index (χ4n) is 1.28. The lowest BCUT2D eigenvalue weighted by molar-refractivity contribution is -0.139. The second-order valence-corrected chi connectivity index (χ2v) is 5.78. The average Bonchev–Trinajstić information content (AvgIpc) is 2.22. The highest BCUT2D eigenvalue weighted by Gasteiger charge is 2.24. The number of unbranched alkanes of at least 4 members (excludes halogenated alkanes) is 1. The van der Waals surface area contributed by atoms with E-state index in [-0.39, 0.29) is 5.75 Å². The molecule has 0 heterocycles. The van der Waals surface area contributed by atoms with E-state index >= 15 is 0 Å². The van der Waals surface area contributed by atoms with Crippen LogP contribution in [0.15, 0.2) is 0 Å². The lowest BCUT2D eigenvalue weighted by Crippen LogP contribution is -2.43. The second kappa shape index (κ2) is 7.62. The summed E-state index contributed by atoms with van der Waals surface area (Å²) < 4.78 is 30.3. The third-order valence-electron chi connectivity index (χ3n) is 2.32. The van der Waals surface area contributed by atoms with E-state index in [9.17, 15) is 13.2 Å². The Morgan fingerprint density at radius 1 is 1.47 bits per heavy atom. The van der Waals surface area contributed by atoms with Gasteiger partial charge in [0.1, 0.15) is 6.04 Å². The molecule has 0 aliphatic heterocycles. The molecule has 17 heavy (non-hydrogen) atoms. The van der Waals surface area contributed by atoms with Crippen LogP contribution in [0, 0.1) is 0 Å². The van der Waals surface area contributed by atoms with Crippen LogP contribution in [0.2, 0.25) is 0 Å². The predicted molar refractivity (Wildman–Crippen MR) is 64.3 cm³/mol. The predicted octanol–water partition coefficient (Wildman–Crippen LogP) is 0.584. The van der Waals surface area contributed by atoms with Gasteiger partial charge in [0.05, 0.1) is 11.9 Å². The van der Waals surface area contributed by atoms with Gasteiger partial charge in [0.15, 0.2) is 0 Å². The van der Waals surface area contributed by atoms with Gasteiger partial charge in [-0.2, -0.15) is 0 Å². The van der Waals surface area contributed by atoms with Crippen molar-refractivity contribution >= 4 is 16.0 Å². The molecule has 0 aromatic carbocycles. The molecule has 6 nitrogen and oxygen atoms in total. The Kier molecular flexibility index (Phi) is 7.33. The molecule has 0 aliphatic rings. The number of ether oxygens (including phenoxy) is 1. The van der Waals surface area contributed by atoms with Crippen LogP contribution < -0.4 is 4.72 Å². The van der Waals surface area contributed by atoms with Gasteiger partial charge >= 0.3 is 5.97 Å². The highest BCUT2D eigenvalue weighted by atomic mass is 32.2. The molecule has 0 bridgehead atoms. The van der Waals surface area contributed by atoms with Gasteiger partial charge in [0.25, 0.3) is 0 Å². The first-order valence-corrected chi connectivity index (χ1v) is 7.23. The van der Waals surface area contributed by atoms with Crippen LogP contribution in [0.3, 0.4) is 0 Å². The van der Waals surface area contributed by atoms with Gasteiger partial charge in [0.2, 0.25) is 10.0 Å². The molecule has 7 heteroatoms. The van der Waals surface area contributed by atoms with E-state index in [0.29, 0.717) is 12.8 Å². The van der Waals surface area contributed by atoms with Crippen molar-refractivity contribution in [3.05, 3.63) is 0 Å². The number of hydrogen-bond acceptors (Lipinski definition) is 4. The van der Waals surface area contributed by atoms with Crippen LogP contribution in [0.25, 0.3) is 0 Å². The van der Waals surface area contributed by atoms with Crippen LogP contribution in [0.5, 0.6) is 0 Å². The molecule has 2 atom stereocenters. The van der Waals surface area contributed by atoms with Crippen LogP contribution in [-0.4, -0.2) is 44.5 Å². The minimum atomic E-state index is -3.62. The normalized spacial score (nSPS) is 15.5. The van der Waals surface area contributed by atoms with Gasteiger partial charge in [-0.05, 0) is 13.3 Å². The number of hydrogen-bond donors (Lipinski definition) is 2. The largest absolute Gasteiger partial charge is 0.480 e. The molecular formula is C10H21NO5S. The van der Waals surface area contributed by atoms with E-state index < -0.39 is 28.1 Å². The van der Waals surface area contributed by atoms with Crippen LogP contribution in [-0.2, 0) is 19.6 Å². The Bertz CT molecular complexity index is 328. The summed E-state index contributed by atoms with van der Waals surface area (Å²) in [7, 11) is -2.21. The first-order valence-electron chi connectivity index (χ1n) is 5.58. The molecule has 0 rings (SSSR count). The zero-order valence-corrected chi connectivity index (χ0v) is 11.3. The third-order valence-corrected chi connectivity index (χ3v) is 3.87. The SMILES string of the molecule is CCCCC(NS(=O)(=O)CC(C)OC)C(=O)O. The van der Waals surface area contributed by atoms with Gasteiger partial charge in [-0.25, -0.2) is 13.1 Å². The molecular weight excluding hydrogens is 246 g/mol. The summed E-state index contributed by atoms with van der Waals surface area (Å²) in [6.07, 6.45) is 1.32. The average molecular weight is 267 g/mol. The molecule has 0 radical (unpaired) electrons. The number of carboxylic acid groups (broad SMARTS) is 1. The summed E-state index contributed by atoms with van der Waals surface area (Å²) in [5, 5.41) is 8.90. The zero-order valence-electron chi connectivity index (χ0n) is 10.5. The van der Waals surface area contributed by atoms with Gasteiger partial charge in [-0.1, -0.05) is 19.8 Å². The van der Waals surface area contributed by atoms with Crippen molar-refractivity contribution in [1.82, 2.24) is 4.72 Å². The lowest BCUT2D eigenvalue weighted by Gasteiger charge is -2.16. The zero-order chi connectivity index (χ0) is 13.5. The summed E-state index contributed by atoms with van der Waals surface area (Å²) in [6.45, 7) is 3.53. The number of carboxylic acids is 1. The van der Waals surface area contributed by atoms with Crippen molar-refractivity contribution < 1.29 is 23.1 Å². The number of aliphatic carboxylic acids is 1. The summed E-state index contributed by atoms with van der Waals surface area (Å²) >= 11 is 0. The highest BCUT2D eigenvalue weighted by Crippen LogP contribution is 2.04. The Hall–Kier alpha value is -0.660. The van der Waals surface area contributed by atoms with Crippen molar-refractivity contribution in [2.45, 2.75) is 45.3 Å². The lowest BCUT2D eigenvalue weighted by atomic mass is 10.1. The molecule has 102 valence electrons. The van der Waals surface area contributed by atoms with E-state index in [1.54, 1.807) is 6.92 Å². The van der Waals surface area contributed by atoms with Crippen LogP contribution in [0.1, 0.15) is 33.1 Å². The highest BCUT2D eigenvalue weighted by molar-refractivity contribution is 7.89. The number of sulfonamides is 1. The quantitative estimate of drug-likeness (QED) is 0.637. The third kappa shape index (κ3) is 7.30. The van der Waals surface area contributed by atoms with E-state index in [4.69, 9.17) is 9.84 Å². The van der Waals surface area contributed by atoms with Crippen molar-refractivity contribution in [3.8, 4) is 0 Å². The first kappa shape index (κ1) is 16.3.